The average Bonchev–Trinajstić information content (AvgIpc) is 2.76. The summed E-state index contributed by atoms with van der Waals surface area (Å²) in [6.45, 7) is 7.58. The van der Waals surface area contributed by atoms with E-state index >= 15 is 0 Å². The smallest absolute Gasteiger partial charge is 0.326 e. The summed E-state index contributed by atoms with van der Waals surface area (Å²) in [5.41, 5.74) is 2.29. The van der Waals surface area contributed by atoms with Gasteiger partial charge >= 0.3 is 5.97 Å². The molecule has 4 N–H and O–H groups in total. The fraction of sp³-hybridized carbons (Fsp3) is 0.565. The number of benzene rings is 1. The van der Waals surface area contributed by atoms with Crippen LogP contribution in [-0.4, -0.2) is 51.0 Å². The first-order valence-electron chi connectivity index (χ1n) is 10.9. The molecule has 9 heteroatoms. The third kappa shape index (κ3) is 8.66. The molecule has 3 amide bonds. The number of carboxylic acids is 1. The first kappa shape index (κ1) is 27.1. The van der Waals surface area contributed by atoms with E-state index in [2.05, 4.69) is 5.32 Å². The van der Waals surface area contributed by atoms with Gasteiger partial charge in [0.15, 0.2) is 0 Å². The predicted octanol–water partition coefficient (Wildman–Crippen LogP) is 2.33. The van der Waals surface area contributed by atoms with Crippen LogP contribution in [0.2, 0.25) is 0 Å². The van der Waals surface area contributed by atoms with Crippen molar-refractivity contribution in [1.29, 1.82) is 0 Å². The molecule has 3 atom stereocenters. The normalized spacial score (nSPS) is 13.7. The lowest BCUT2D eigenvalue weighted by Crippen LogP contribution is -2.55. The summed E-state index contributed by atoms with van der Waals surface area (Å²) >= 11 is 0. The number of hydrogen-bond acceptors (Lipinski definition) is 5. The molecule has 32 heavy (non-hydrogen) atoms. The maximum atomic E-state index is 13.3. The van der Waals surface area contributed by atoms with Gasteiger partial charge in [0.25, 0.3) is 0 Å². The van der Waals surface area contributed by atoms with Crippen LogP contribution in [0.15, 0.2) is 30.3 Å². The Morgan fingerprint density at radius 3 is 2.16 bits per heavy atom. The molecule has 0 heterocycles. The van der Waals surface area contributed by atoms with E-state index < -0.39 is 35.8 Å². The van der Waals surface area contributed by atoms with Gasteiger partial charge in [0.05, 0.1) is 0 Å². The first-order valence-corrected chi connectivity index (χ1v) is 10.9. The number of hydrogen-bond donors (Lipinski definition) is 4. The molecule has 1 aromatic rings. The average molecular weight is 450 g/mol. The largest absolute Gasteiger partial charge is 0.480 e. The van der Waals surface area contributed by atoms with Gasteiger partial charge in [-0.25, -0.2) is 10.3 Å². The van der Waals surface area contributed by atoms with Gasteiger partial charge in [-0.1, -0.05) is 64.4 Å². The number of nitrogens with one attached hydrogen (secondary N) is 2. The Labute approximate surface area is 189 Å². The molecule has 9 nitrogen and oxygen atoms in total. The molecule has 0 aliphatic carbocycles. The minimum absolute atomic E-state index is 0.0532. The Hall–Kier alpha value is -2.94. The Morgan fingerprint density at radius 2 is 1.66 bits per heavy atom. The number of carbonyl (C=O) groups excluding carboxylic acids is 3. The van der Waals surface area contributed by atoms with Crippen LogP contribution in [0.25, 0.3) is 0 Å². The SMILES string of the molecule is CCC(C)C(C(=O)NC(CC(C)C)C(=O)O)N(Cc1ccccc1)C(=O)CCC(=O)NO. The van der Waals surface area contributed by atoms with Crippen molar-refractivity contribution in [3.05, 3.63) is 35.9 Å². The summed E-state index contributed by atoms with van der Waals surface area (Å²) < 4.78 is 0. The fourth-order valence-electron chi connectivity index (χ4n) is 3.42. The van der Waals surface area contributed by atoms with Crippen LogP contribution in [0, 0.1) is 11.8 Å². The minimum atomic E-state index is -1.13. The molecule has 1 rings (SSSR count). The van der Waals surface area contributed by atoms with Gasteiger partial charge in [-0.2, -0.15) is 0 Å². The van der Waals surface area contributed by atoms with Crippen molar-refractivity contribution < 1.29 is 29.5 Å². The number of carboxylic acid groups (broad SMARTS) is 1. The number of rotatable bonds is 13. The third-order valence-electron chi connectivity index (χ3n) is 5.32. The quantitative estimate of drug-likeness (QED) is 0.270. The summed E-state index contributed by atoms with van der Waals surface area (Å²) in [4.78, 5) is 50.9. The minimum Gasteiger partial charge on any atom is -0.480 e. The zero-order chi connectivity index (χ0) is 24.3. The highest BCUT2D eigenvalue weighted by Crippen LogP contribution is 2.21. The van der Waals surface area contributed by atoms with Crippen molar-refractivity contribution in [2.24, 2.45) is 11.8 Å². The molecule has 1 aromatic carbocycles. The lowest BCUT2D eigenvalue weighted by molar-refractivity contribution is -0.147. The van der Waals surface area contributed by atoms with E-state index in [1.807, 2.05) is 58.0 Å². The van der Waals surface area contributed by atoms with Crippen LogP contribution < -0.4 is 10.8 Å². The van der Waals surface area contributed by atoms with Crippen LogP contribution in [-0.2, 0) is 25.7 Å². The standard InChI is InChI=1S/C23H35N3O6/c1-5-16(4)21(22(29)24-18(23(30)31)13-15(2)3)26(14-17-9-7-6-8-10-17)20(28)12-11-19(27)25-32/h6-10,15-16,18,21,32H,5,11-14H2,1-4H3,(H,24,29)(H,25,27)(H,30,31). The molecule has 3 unspecified atom stereocenters. The highest BCUT2D eigenvalue weighted by atomic mass is 16.5. The Bertz CT molecular complexity index is 768. The van der Waals surface area contributed by atoms with Crippen molar-refractivity contribution >= 4 is 23.7 Å². The second kappa shape index (κ2) is 13.5. The van der Waals surface area contributed by atoms with Gasteiger partial charge in [0.2, 0.25) is 17.7 Å². The molecule has 0 saturated heterocycles. The van der Waals surface area contributed by atoms with Crippen molar-refractivity contribution in [2.45, 2.75) is 72.0 Å². The van der Waals surface area contributed by atoms with E-state index in [4.69, 9.17) is 5.21 Å². The lowest BCUT2D eigenvalue weighted by Gasteiger charge is -2.35. The van der Waals surface area contributed by atoms with Crippen molar-refractivity contribution in [2.75, 3.05) is 0 Å². The van der Waals surface area contributed by atoms with Crippen LogP contribution in [0.4, 0.5) is 0 Å². The van der Waals surface area contributed by atoms with E-state index in [1.54, 1.807) is 0 Å². The molecule has 0 spiro atoms. The number of nitrogens with zero attached hydrogens (tertiary/aromatic N) is 1. The van der Waals surface area contributed by atoms with Gasteiger partial charge in [0.1, 0.15) is 12.1 Å². The zero-order valence-electron chi connectivity index (χ0n) is 19.2. The van der Waals surface area contributed by atoms with Crippen LogP contribution in [0.5, 0.6) is 0 Å². The predicted molar refractivity (Wildman–Crippen MR) is 118 cm³/mol. The van der Waals surface area contributed by atoms with E-state index in [9.17, 15) is 24.3 Å². The fourth-order valence-corrected chi connectivity index (χ4v) is 3.42. The number of amides is 3. The monoisotopic (exact) mass is 449 g/mol. The van der Waals surface area contributed by atoms with E-state index in [-0.39, 0.29) is 37.6 Å². The van der Waals surface area contributed by atoms with E-state index in [0.717, 1.165) is 5.56 Å². The second-order valence-corrected chi connectivity index (χ2v) is 8.40. The molecule has 0 bridgehead atoms. The molecule has 0 radical (unpaired) electrons. The van der Waals surface area contributed by atoms with Crippen LogP contribution in [0.1, 0.15) is 58.9 Å². The third-order valence-corrected chi connectivity index (χ3v) is 5.32. The van der Waals surface area contributed by atoms with Crippen LogP contribution in [0.3, 0.4) is 0 Å². The molecule has 0 aromatic heterocycles. The molecular formula is C23H35N3O6. The van der Waals surface area contributed by atoms with Crippen molar-refractivity contribution in [1.82, 2.24) is 15.7 Å². The highest BCUT2D eigenvalue weighted by molar-refractivity contribution is 5.91. The zero-order valence-corrected chi connectivity index (χ0v) is 19.2. The summed E-state index contributed by atoms with van der Waals surface area (Å²) in [5.74, 6) is -3.02. The van der Waals surface area contributed by atoms with E-state index in [1.165, 1.54) is 10.4 Å². The van der Waals surface area contributed by atoms with Gasteiger partial charge in [-0.15, -0.1) is 0 Å². The van der Waals surface area contributed by atoms with Crippen molar-refractivity contribution in [3.63, 3.8) is 0 Å². The van der Waals surface area contributed by atoms with Crippen LogP contribution >= 0.6 is 0 Å². The lowest BCUT2D eigenvalue weighted by atomic mass is 9.94. The highest BCUT2D eigenvalue weighted by Gasteiger charge is 2.35. The molecule has 0 aliphatic rings. The molecule has 0 aliphatic heterocycles. The summed E-state index contributed by atoms with van der Waals surface area (Å²) in [5, 5.41) is 20.9. The molecule has 178 valence electrons. The number of carbonyl (C=O) groups is 4. The maximum Gasteiger partial charge on any atom is 0.326 e. The Morgan fingerprint density at radius 1 is 1.03 bits per heavy atom. The Balaban J connectivity index is 3.25. The molecule has 0 saturated carbocycles. The number of aliphatic carboxylic acids is 1. The topological polar surface area (TPSA) is 136 Å². The summed E-state index contributed by atoms with van der Waals surface area (Å²) in [6, 6.07) is 7.14. The van der Waals surface area contributed by atoms with E-state index in [0.29, 0.717) is 6.42 Å². The van der Waals surface area contributed by atoms with Gasteiger partial charge in [-0.05, 0) is 23.8 Å². The summed E-state index contributed by atoms with van der Waals surface area (Å²) in [6.07, 6.45) is 0.404. The van der Waals surface area contributed by atoms with Gasteiger partial charge < -0.3 is 15.3 Å². The second-order valence-electron chi connectivity index (χ2n) is 8.40. The van der Waals surface area contributed by atoms with Gasteiger partial charge in [0, 0.05) is 19.4 Å². The number of hydroxylamine groups is 1. The molecular weight excluding hydrogens is 414 g/mol. The first-order chi connectivity index (χ1) is 15.1. The maximum absolute atomic E-state index is 13.3. The van der Waals surface area contributed by atoms with Gasteiger partial charge in [-0.3, -0.25) is 19.6 Å². The molecule has 0 fully saturated rings. The Kier molecular flexibility index (Phi) is 11.4. The van der Waals surface area contributed by atoms with Crippen molar-refractivity contribution in [3.8, 4) is 0 Å². The summed E-state index contributed by atoms with van der Waals surface area (Å²) in [7, 11) is 0.